The molecule has 3 rings (SSSR count). The summed E-state index contributed by atoms with van der Waals surface area (Å²) in [4.78, 5) is 28.4. The Kier molecular flexibility index (Phi) is 10.5. The molecule has 10 heteroatoms. The first-order valence-corrected chi connectivity index (χ1v) is 14.8. The van der Waals surface area contributed by atoms with Gasteiger partial charge in [-0.3, -0.25) is 13.9 Å². The highest BCUT2D eigenvalue weighted by molar-refractivity contribution is 9.10. The van der Waals surface area contributed by atoms with Gasteiger partial charge in [-0.2, -0.15) is 0 Å². The standard InChI is InChI=1S/C29H34BrN3O5S/c1-21(2)18-31-29(35)22(3)32(19-23-10-16-26(38-4)17-11-23)28(34)20-33(25-14-12-24(30)13-15-25)39(36,37)27-8-6-5-7-9-27/h5-17,21-22H,18-20H2,1-4H3,(H,31,35)/t22-/m0/s1. The van der Waals surface area contributed by atoms with Crippen molar-refractivity contribution in [1.82, 2.24) is 10.2 Å². The summed E-state index contributed by atoms with van der Waals surface area (Å²) < 4.78 is 34.6. The number of carbonyl (C=O) groups excluding carboxylic acids is 2. The van der Waals surface area contributed by atoms with Gasteiger partial charge >= 0.3 is 0 Å². The second kappa shape index (κ2) is 13.6. The van der Waals surface area contributed by atoms with Crippen molar-refractivity contribution in [2.45, 2.75) is 38.3 Å². The van der Waals surface area contributed by atoms with Crippen LogP contribution in [0.1, 0.15) is 26.3 Å². The van der Waals surface area contributed by atoms with Gasteiger partial charge in [-0.1, -0.05) is 60.1 Å². The normalized spacial score (nSPS) is 12.1. The number of methoxy groups -OCH3 is 1. The molecule has 0 aliphatic heterocycles. The number of amides is 2. The van der Waals surface area contributed by atoms with Crippen LogP contribution in [-0.4, -0.2) is 51.4 Å². The SMILES string of the molecule is COc1ccc(CN(C(=O)CN(c2ccc(Br)cc2)S(=O)(=O)c2ccccc2)[C@@H](C)C(=O)NCC(C)C)cc1. The Bertz CT molecular complexity index is 1350. The maximum Gasteiger partial charge on any atom is 0.264 e. The third-order valence-corrected chi connectivity index (χ3v) is 8.41. The van der Waals surface area contributed by atoms with Gasteiger partial charge in [0, 0.05) is 17.6 Å². The molecule has 0 bridgehead atoms. The Hall–Kier alpha value is -3.37. The van der Waals surface area contributed by atoms with Crippen LogP contribution in [0.15, 0.2) is 88.2 Å². The molecule has 208 valence electrons. The average molecular weight is 617 g/mol. The molecule has 0 heterocycles. The Morgan fingerprint density at radius 2 is 1.54 bits per heavy atom. The number of hydrogen-bond acceptors (Lipinski definition) is 5. The van der Waals surface area contributed by atoms with Crippen molar-refractivity contribution in [3.8, 4) is 5.75 Å². The largest absolute Gasteiger partial charge is 0.497 e. The van der Waals surface area contributed by atoms with Crippen molar-refractivity contribution in [2.24, 2.45) is 5.92 Å². The molecule has 0 unspecified atom stereocenters. The van der Waals surface area contributed by atoms with E-state index in [9.17, 15) is 18.0 Å². The van der Waals surface area contributed by atoms with Crippen LogP contribution in [0.2, 0.25) is 0 Å². The van der Waals surface area contributed by atoms with Crippen molar-refractivity contribution in [1.29, 1.82) is 0 Å². The second-order valence-corrected chi connectivity index (χ2v) is 12.3. The molecule has 0 aliphatic rings. The van der Waals surface area contributed by atoms with Crippen LogP contribution in [-0.2, 0) is 26.2 Å². The molecule has 39 heavy (non-hydrogen) atoms. The summed E-state index contributed by atoms with van der Waals surface area (Å²) in [6.07, 6.45) is 0. The zero-order chi connectivity index (χ0) is 28.6. The maximum atomic E-state index is 13.9. The van der Waals surface area contributed by atoms with Crippen LogP contribution in [0.3, 0.4) is 0 Å². The Labute approximate surface area is 239 Å². The number of nitrogens with one attached hydrogen (secondary N) is 1. The number of ether oxygens (including phenoxy) is 1. The number of nitrogens with zero attached hydrogens (tertiary/aromatic N) is 2. The van der Waals surface area contributed by atoms with Crippen molar-refractivity contribution in [2.75, 3.05) is 24.5 Å². The van der Waals surface area contributed by atoms with Crippen LogP contribution >= 0.6 is 15.9 Å². The van der Waals surface area contributed by atoms with Crippen LogP contribution in [0.5, 0.6) is 5.75 Å². The van der Waals surface area contributed by atoms with E-state index in [1.54, 1.807) is 68.6 Å². The molecule has 0 saturated heterocycles. The van der Waals surface area contributed by atoms with E-state index in [4.69, 9.17) is 4.74 Å². The van der Waals surface area contributed by atoms with Crippen LogP contribution in [0.25, 0.3) is 0 Å². The number of carbonyl (C=O) groups is 2. The molecule has 0 aromatic heterocycles. The number of halogens is 1. The molecule has 1 N–H and O–H groups in total. The molecule has 3 aromatic rings. The third kappa shape index (κ3) is 8.06. The minimum Gasteiger partial charge on any atom is -0.497 e. The highest BCUT2D eigenvalue weighted by Crippen LogP contribution is 2.26. The summed E-state index contributed by atoms with van der Waals surface area (Å²) in [5.41, 5.74) is 1.10. The minimum atomic E-state index is -4.09. The fraction of sp³-hybridized carbons (Fsp3) is 0.310. The van der Waals surface area contributed by atoms with E-state index in [2.05, 4.69) is 21.2 Å². The molecule has 3 aromatic carbocycles. The smallest absolute Gasteiger partial charge is 0.264 e. The Morgan fingerprint density at radius 3 is 2.10 bits per heavy atom. The summed E-state index contributed by atoms with van der Waals surface area (Å²) in [7, 11) is -2.53. The minimum absolute atomic E-state index is 0.0603. The molecular formula is C29H34BrN3O5S. The molecular weight excluding hydrogens is 582 g/mol. The molecule has 0 saturated carbocycles. The highest BCUT2D eigenvalue weighted by atomic mass is 79.9. The number of sulfonamides is 1. The summed E-state index contributed by atoms with van der Waals surface area (Å²) in [5, 5.41) is 2.88. The van der Waals surface area contributed by atoms with Gasteiger partial charge in [-0.25, -0.2) is 8.42 Å². The molecule has 0 aliphatic carbocycles. The number of benzene rings is 3. The van der Waals surface area contributed by atoms with Gasteiger partial charge in [-0.15, -0.1) is 0 Å². The lowest BCUT2D eigenvalue weighted by Gasteiger charge is -2.32. The van der Waals surface area contributed by atoms with E-state index in [1.807, 2.05) is 26.0 Å². The fourth-order valence-corrected chi connectivity index (χ4v) is 5.52. The fourth-order valence-electron chi connectivity index (χ4n) is 3.82. The summed E-state index contributed by atoms with van der Waals surface area (Å²) in [6.45, 7) is 5.69. The van der Waals surface area contributed by atoms with E-state index in [0.29, 0.717) is 18.0 Å². The molecule has 2 amide bonds. The average Bonchev–Trinajstić information content (AvgIpc) is 2.94. The lowest BCUT2D eigenvalue weighted by molar-refractivity contribution is -0.139. The zero-order valence-corrected chi connectivity index (χ0v) is 24.9. The highest BCUT2D eigenvalue weighted by Gasteiger charge is 2.32. The van der Waals surface area contributed by atoms with E-state index < -0.39 is 28.5 Å². The first-order chi connectivity index (χ1) is 18.5. The first kappa shape index (κ1) is 30.2. The van der Waals surface area contributed by atoms with Crippen LogP contribution < -0.4 is 14.4 Å². The van der Waals surface area contributed by atoms with E-state index in [1.165, 1.54) is 17.0 Å². The Morgan fingerprint density at radius 1 is 0.923 bits per heavy atom. The summed E-state index contributed by atoms with van der Waals surface area (Å²) in [6, 6.07) is 21.0. The first-order valence-electron chi connectivity index (χ1n) is 12.6. The van der Waals surface area contributed by atoms with Crippen molar-refractivity contribution in [3.05, 3.63) is 88.9 Å². The predicted octanol–water partition coefficient (Wildman–Crippen LogP) is 4.84. The molecule has 1 atom stereocenters. The number of hydrogen-bond donors (Lipinski definition) is 1. The van der Waals surface area contributed by atoms with E-state index in [0.717, 1.165) is 14.3 Å². The molecule has 0 spiro atoms. The second-order valence-electron chi connectivity index (χ2n) is 9.49. The third-order valence-electron chi connectivity index (χ3n) is 6.09. The van der Waals surface area contributed by atoms with Crippen molar-refractivity contribution >= 4 is 43.5 Å². The van der Waals surface area contributed by atoms with E-state index in [-0.39, 0.29) is 23.3 Å². The lowest BCUT2D eigenvalue weighted by Crippen LogP contribution is -2.51. The molecule has 8 nitrogen and oxygen atoms in total. The van der Waals surface area contributed by atoms with Gasteiger partial charge in [-0.05, 0) is 66.9 Å². The van der Waals surface area contributed by atoms with E-state index >= 15 is 0 Å². The lowest BCUT2D eigenvalue weighted by atomic mass is 10.1. The number of anilines is 1. The van der Waals surface area contributed by atoms with Crippen LogP contribution in [0, 0.1) is 5.92 Å². The molecule has 0 fully saturated rings. The van der Waals surface area contributed by atoms with Gasteiger partial charge in [0.2, 0.25) is 11.8 Å². The molecule has 0 radical (unpaired) electrons. The summed E-state index contributed by atoms with van der Waals surface area (Å²) in [5.74, 6) is 0.0673. The quantitative estimate of drug-likeness (QED) is 0.314. The maximum absolute atomic E-state index is 13.9. The summed E-state index contributed by atoms with van der Waals surface area (Å²) >= 11 is 3.37. The van der Waals surface area contributed by atoms with Gasteiger partial charge in [0.1, 0.15) is 18.3 Å². The van der Waals surface area contributed by atoms with Gasteiger partial charge in [0.15, 0.2) is 0 Å². The predicted molar refractivity (Wildman–Crippen MR) is 156 cm³/mol. The van der Waals surface area contributed by atoms with Gasteiger partial charge < -0.3 is 15.0 Å². The zero-order valence-electron chi connectivity index (χ0n) is 22.5. The number of rotatable bonds is 12. The van der Waals surface area contributed by atoms with Crippen LogP contribution in [0.4, 0.5) is 5.69 Å². The van der Waals surface area contributed by atoms with Crippen molar-refractivity contribution < 1.29 is 22.7 Å². The monoisotopic (exact) mass is 615 g/mol. The van der Waals surface area contributed by atoms with Crippen molar-refractivity contribution in [3.63, 3.8) is 0 Å². The van der Waals surface area contributed by atoms with Gasteiger partial charge in [0.05, 0.1) is 17.7 Å². The topological polar surface area (TPSA) is 96.0 Å². The Balaban J connectivity index is 1.98. The van der Waals surface area contributed by atoms with Gasteiger partial charge in [0.25, 0.3) is 10.0 Å².